The Morgan fingerprint density at radius 3 is 2.48 bits per heavy atom. The van der Waals surface area contributed by atoms with Crippen molar-refractivity contribution < 1.29 is 13.2 Å². The highest BCUT2D eigenvalue weighted by molar-refractivity contribution is 7.89. The van der Waals surface area contributed by atoms with Crippen LogP contribution in [0.5, 0.6) is 0 Å². The van der Waals surface area contributed by atoms with Crippen molar-refractivity contribution >= 4 is 10.0 Å². The molecule has 1 fully saturated rings. The van der Waals surface area contributed by atoms with E-state index in [2.05, 4.69) is 23.9 Å². The Hall–Kier alpha value is -0.170. The fourth-order valence-electron chi connectivity index (χ4n) is 2.53. The average molecular weight is 320 g/mol. The van der Waals surface area contributed by atoms with Crippen LogP contribution in [-0.4, -0.2) is 46.0 Å². The lowest BCUT2D eigenvalue weighted by Gasteiger charge is -2.22. The number of hydrogen-bond donors (Lipinski definition) is 2. The second-order valence-electron chi connectivity index (χ2n) is 6.16. The fourth-order valence-corrected chi connectivity index (χ4v) is 3.66. The van der Waals surface area contributed by atoms with Crippen LogP contribution in [0.3, 0.4) is 0 Å². The SMILES string of the molecule is CC(C)NCCCCS(=O)(=O)NCCOC1CCCCC1. The van der Waals surface area contributed by atoms with E-state index in [1.54, 1.807) is 0 Å². The van der Waals surface area contributed by atoms with Crippen molar-refractivity contribution in [3.8, 4) is 0 Å². The van der Waals surface area contributed by atoms with E-state index in [1.807, 2.05) is 0 Å². The number of ether oxygens (including phenoxy) is 1. The number of nitrogens with one attached hydrogen (secondary N) is 2. The fraction of sp³-hybridized carbons (Fsp3) is 1.00. The lowest BCUT2D eigenvalue weighted by Crippen LogP contribution is -2.31. The molecule has 0 unspecified atom stereocenters. The molecule has 0 spiro atoms. The lowest BCUT2D eigenvalue weighted by molar-refractivity contribution is 0.0321. The molecule has 0 saturated heterocycles. The minimum absolute atomic E-state index is 0.205. The van der Waals surface area contributed by atoms with Gasteiger partial charge in [-0.2, -0.15) is 0 Å². The molecule has 0 aliphatic heterocycles. The molecule has 5 nitrogen and oxygen atoms in total. The first-order valence-corrected chi connectivity index (χ1v) is 9.97. The Kier molecular flexibility index (Phi) is 9.47. The van der Waals surface area contributed by atoms with E-state index in [4.69, 9.17) is 4.74 Å². The van der Waals surface area contributed by atoms with Crippen LogP contribution in [0, 0.1) is 0 Å². The minimum Gasteiger partial charge on any atom is -0.377 e. The maximum atomic E-state index is 11.8. The second kappa shape index (κ2) is 10.5. The molecule has 1 rings (SSSR count). The van der Waals surface area contributed by atoms with Crippen LogP contribution in [0.1, 0.15) is 58.8 Å². The van der Waals surface area contributed by atoms with Crippen molar-refractivity contribution in [3.63, 3.8) is 0 Å². The first kappa shape index (κ1) is 18.9. The number of hydrogen-bond acceptors (Lipinski definition) is 4. The van der Waals surface area contributed by atoms with Gasteiger partial charge in [0.15, 0.2) is 0 Å². The molecule has 0 radical (unpaired) electrons. The summed E-state index contributed by atoms with van der Waals surface area (Å²) in [4.78, 5) is 0. The van der Waals surface area contributed by atoms with Crippen LogP contribution in [0.2, 0.25) is 0 Å². The molecule has 1 aliphatic carbocycles. The third kappa shape index (κ3) is 10.2. The maximum absolute atomic E-state index is 11.8. The van der Waals surface area contributed by atoms with Gasteiger partial charge in [-0.15, -0.1) is 0 Å². The van der Waals surface area contributed by atoms with Gasteiger partial charge in [0.2, 0.25) is 10.0 Å². The third-order valence-electron chi connectivity index (χ3n) is 3.72. The monoisotopic (exact) mass is 320 g/mol. The Morgan fingerprint density at radius 1 is 1.10 bits per heavy atom. The van der Waals surface area contributed by atoms with Gasteiger partial charge in [-0.1, -0.05) is 33.1 Å². The Bertz CT molecular complexity index is 352. The van der Waals surface area contributed by atoms with E-state index in [0.29, 0.717) is 31.7 Å². The third-order valence-corrected chi connectivity index (χ3v) is 5.19. The smallest absolute Gasteiger partial charge is 0.211 e. The van der Waals surface area contributed by atoms with E-state index in [1.165, 1.54) is 19.3 Å². The van der Waals surface area contributed by atoms with E-state index in [0.717, 1.165) is 25.8 Å². The van der Waals surface area contributed by atoms with Gasteiger partial charge in [-0.3, -0.25) is 0 Å². The first-order chi connectivity index (χ1) is 9.99. The van der Waals surface area contributed by atoms with Gasteiger partial charge < -0.3 is 10.1 Å². The molecule has 0 aromatic rings. The lowest BCUT2D eigenvalue weighted by atomic mass is 9.98. The highest BCUT2D eigenvalue weighted by atomic mass is 32.2. The Labute approximate surface area is 130 Å². The van der Waals surface area contributed by atoms with Crippen molar-refractivity contribution in [2.75, 3.05) is 25.4 Å². The summed E-state index contributed by atoms with van der Waals surface area (Å²) in [6.07, 6.45) is 7.94. The van der Waals surface area contributed by atoms with Gasteiger partial charge in [0.1, 0.15) is 0 Å². The van der Waals surface area contributed by atoms with Gasteiger partial charge in [0, 0.05) is 12.6 Å². The Balaban J connectivity index is 2.01. The molecule has 0 heterocycles. The highest BCUT2D eigenvalue weighted by Crippen LogP contribution is 2.19. The van der Waals surface area contributed by atoms with Gasteiger partial charge in [0.25, 0.3) is 0 Å². The van der Waals surface area contributed by atoms with Crippen molar-refractivity contribution in [3.05, 3.63) is 0 Å². The number of sulfonamides is 1. The summed E-state index contributed by atoms with van der Waals surface area (Å²) in [6.45, 7) is 5.93. The summed E-state index contributed by atoms with van der Waals surface area (Å²) >= 11 is 0. The zero-order valence-electron chi connectivity index (χ0n) is 13.6. The molecule has 0 atom stereocenters. The first-order valence-electron chi connectivity index (χ1n) is 8.32. The minimum atomic E-state index is -3.14. The van der Waals surface area contributed by atoms with Crippen molar-refractivity contribution in [1.29, 1.82) is 0 Å². The summed E-state index contributed by atoms with van der Waals surface area (Å²) in [6, 6.07) is 0.455. The molecule has 1 saturated carbocycles. The molecule has 0 bridgehead atoms. The highest BCUT2D eigenvalue weighted by Gasteiger charge is 2.14. The van der Waals surface area contributed by atoms with Gasteiger partial charge in [-0.05, 0) is 32.2 Å². The number of unbranched alkanes of at least 4 members (excludes halogenated alkanes) is 1. The Morgan fingerprint density at radius 2 is 1.81 bits per heavy atom. The van der Waals surface area contributed by atoms with Crippen LogP contribution in [0.4, 0.5) is 0 Å². The van der Waals surface area contributed by atoms with Crippen molar-refractivity contribution in [2.24, 2.45) is 0 Å². The zero-order chi connectivity index (χ0) is 15.6. The molecular formula is C15H32N2O3S. The van der Waals surface area contributed by atoms with E-state index >= 15 is 0 Å². The van der Waals surface area contributed by atoms with Crippen LogP contribution < -0.4 is 10.0 Å². The predicted octanol–water partition coefficient (Wildman–Crippen LogP) is 2.03. The zero-order valence-corrected chi connectivity index (χ0v) is 14.4. The topological polar surface area (TPSA) is 67.4 Å². The maximum Gasteiger partial charge on any atom is 0.211 e. The van der Waals surface area contributed by atoms with Crippen molar-refractivity contribution in [1.82, 2.24) is 10.0 Å². The number of rotatable bonds is 11. The summed E-state index contributed by atoms with van der Waals surface area (Å²) in [7, 11) is -3.14. The molecular weight excluding hydrogens is 288 g/mol. The molecule has 21 heavy (non-hydrogen) atoms. The van der Waals surface area contributed by atoms with E-state index in [9.17, 15) is 8.42 Å². The summed E-state index contributed by atoms with van der Waals surface area (Å²) in [5, 5.41) is 3.29. The van der Waals surface area contributed by atoms with Crippen LogP contribution in [-0.2, 0) is 14.8 Å². The van der Waals surface area contributed by atoms with Gasteiger partial charge in [0.05, 0.1) is 18.5 Å². The summed E-state index contributed by atoms with van der Waals surface area (Å²) in [5.74, 6) is 0.205. The normalized spacial score (nSPS) is 17.5. The molecule has 2 N–H and O–H groups in total. The molecule has 6 heteroatoms. The average Bonchev–Trinajstić information content (AvgIpc) is 2.44. The summed E-state index contributed by atoms with van der Waals surface area (Å²) < 4.78 is 31.9. The summed E-state index contributed by atoms with van der Waals surface area (Å²) in [5.41, 5.74) is 0. The predicted molar refractivity (Wildman–Crippen MR) is 87.0 cm³/mol. The quantitative estimate of drug-likeness (QED) is 0.572. The van der Waals surface area contributed by atoms with Crippen LogP contribution >= 0.6 is 0 Å². The van der Waals surface area contributed by atoms with Crippen LogP contribution in [0.15, 0.2) is 0 Å². The van der Waals surface area contributed by atoms with Gasteiger partial charge in [-0.25, -0.2) is 13.1 Å². The molecule has 0 amide bonds. The molecule has 0 aromatic heterocycles. The second-order valence-corrected chi connectivity index (χ2v) is 8.09. The molecule has 126 valence electrons. The van der Waals surface area contributed by atoms with E-state index < -0.39 is 10.0 Å². The molecule has 1 aliphatic rings. The van der Waals surface area contributed by atoms with Gasteiger partial charge >= 0.3 is 0 Å². The standard InChI is InChI=1S/C15H32N2O3S/c1-14(2)16-10-6-7-13-21(18,19)17-11-12-20-15-8-4-3-5-9-15/h14-17H,3-13H2,1-2H3. The van der Waals surface area contributed by atoms with Crippen molar-refractivity contribution in [2.45, 2.75) is 70.9 Å². The van der Waals surface area contributed by atoms with E-state index in [-0.39, 0.29) is 5.75 Å². The molecule has 0 aromatic carbocycles. The van der Waals surface area contributed by atoms with Crippen LogP contribution in [0.25, 0.3) is 0 Å². The largest absolute Gasteiger partial charge is 0.377 e.